The summed E-state index contributed by atoms with van der Waals surface area (Å²) >= 11 is 0. The molecule has 2 fully saturated rings. The maximum Gasteiger partial charge on any atom is 0.0157 e. The molecule has 1 heterocycles. The predicted octanol–water partition coefficient (Wildman–Crippen LogP) is 1.26. The Morgan fingerprint density at radius 2 is 1.92 bits per heavy atom. The molecular formula is C10H20N2. The molecule has 1 aliphatic heterocycles. The normalized spacial score (nSPS) is 29.8. The molecule has 0 amide bonds. The zero-order chi connectivity index (χ0) is 8.44. The van der Waals surface area contributed by atoms with Crippen LogP contribution in [-0.2, 0) is 0 Å². The summed E-state index contributed by atoms with van der Waals surface area (Å²) in [6.07, 6.45) is 7.89. The summed E-state index contributed by atoms with van der Waals surface area (Å²) < 4.78 is 0. The van der Waals surface area contributed by atoms with Gasteiger partial charge in [-0.15, -0.1) is 0 Å². The molecule has 0 bridgehead atoms. The maximum absolute atomic E-state index is 6.21. The van der Waals surface area contributed by atoms with Crippen molar-refractivity contribution in [1.29, 1.82) is 0 Å². The highest BCUT2D eigenvalue weighted by molar-refractivity contribution is 4.94. The minimum atomic E-state index is 0.252. The second kappa shape index (κ2) is 3.35. The van der Waals surface area contributed by atoms with Crippen molar-refractivity contribution in [2.75, 3.05) is 13.1 Å². The molecule has 2 heteroatoms. The van der Waals surface area contributed by atoms with Crippen molar-refractivity contribution in [3.05, 3.63) is 0 Å². The fourth-order valence-electron chi connectivity index (χ4n) is 2.50. The summed E-state index contributed by atoms with van der Waals surface area (Å²) in [6, 6.07) is 0. The van der Waals surface area contributed by atoms with Crippen molar-refractivity contribution >= 4 is 0 Å². The summed E-state index contributed by atoms with van der Waals surface area (Å²) in [5, 5.41) is 3.40. The van der Waals surface area contributed by atoms with E-state index < -0.39 is 0 Å². The smallest absolute Gasteiger partial charge is 0.0157 e. The van der Waals surface area contributed by atoms with E-state index in [0.717, 1.165) is 5.92 Å². The minimum absolute atomic E-state index is 0.252. The second-order valence-electron chi connectivity index (χ2n) is 4.61. The van der Waals surface area contributed by atoms with Gasteiger partial charge in [-0.3, -0.25) is 0 Å². The van der Waals surface area contributed by atoms with E-state index in [-0.39, 0.29) is 5.54 Å². The minimum Gasteiger partial charge on any atom is -0.325 e. The first kappa shape index (κ1) is 8.52. The van der Waals surface area contributed by atoms with Gasteiger partial charge in [0.05, 0.1) is 0 Å². The van der Waals surface area contributed by atoms with Gasteiger partial charge in [-0.1, -0.05) is 0 Å². The van der Waals surface area contributed by atoms with Crippen molar-refractivity contribution < 1.29 is 0 Å². The Bertz CT molecular complexity index is 146. The quantitative estimate of drug-likeness (QED) is 0.651. The summed E-state index contributed by atoms with van der Waals surface area (Å²) in [4.78, 5) is 0. The SMILES string of the molecule is NC1(CC2CCNCC2)CCC1. The van der Waals surface area contributed by atoms with Crippen LogP contribution in [0.1, 0.15) is 38.5 Å². The molecule has 2 nitrogen and oxygen atoms in total. The van der Waals surface area contributed by atoms with Crippen LogP contribution in [-0.4, -0.2) is 18.6 Å². The van der Waals surface area contributed by atoms with Crippen LogP contribution in [0.3, 0.4) is 0 Å². The number of hydrogen-bond acceptors (Lipinski definition) is 2. The zero-order valence-electron chi connectivity index (χ0n) is 7.81. The third-order valence-corrected chi connectivity index (χ3v) is 3.50. The molecule has 0 aromatic heterocycles. The lowest BCUT2D eigenvalue weighted by Gasteiger charge is -2.41. The van der Waals surface area contributed by atoms with Gasteiger partial charge in [0.1, 0.15) is 0 Å². The van der Waals surface area contributed by atoms with Crippen LogP contribution in [0, 0.1) is 5.92 Å². The number of nitrogens with one attached hydrogen (secondary N) is 1. The van der Waals surface area contributed by atoms with Crippen molar-refractivity contribution in [2.45, 2.75) is 44.1 Å². The van der Waals surface area contributed by atoms with E-state index in [1.54, 1.807) is 0 Å². The highest BCUT2D eigenvalue weighted by atomic mass is 14.9. The number of hydrogen-bond donors (Lipinski definition) is 2. The Morgan fingerprint density at radius 1 is 1.25 bits per heavy atom. The first-order chi connectivity index (χ1) is 5.79. The molecule has 0 aromatic rings. The van der Waals surface area contributed by atoms with Crippen LogP contribution in [0.25, 0.3) is 0 Å². The van der Waals surface area contributed by atoms with Gasteiger partial charge in [-0.25, -0.2) is 0 Å². The van der Waals surface area contributed by atoms with Gasteiger partial charge in [0.15, 0.2) is 0 Å². The third-order valence-electron chi connectivity index (χ3n) is 3.50. The average Bonchev–Trinajstić information content (AvgIpc) is 2.04. The molecule has 1 saturated carbocycles. The Kier molecular flexibility index (Phi) is 2.37. The van der Waals surface area contributed by atoms with E-state index in [1.165, 1.54) is 51.6 Å². The molecule has 0 spiro atoms. The number of rotatable bonds is 2. The van der Waals surface area contributed by atoms with Crippen LogP contribution in [0.15, 0.2) is 0 Å². The molecule has 1 saturated heterocycles. The molecule has 3 N–H and O–H groups in total. The molecule has 0 atom stereocenters. The Morgan fingerprint density at radius 3 is 2.42 bits per heavy atom. The molecule has 1 aliphatic carbocycles. The third kappa shape index (κ3) is 1.80. The molecule has 2 rings (SSSR count). The molecule has 70 valence electrons. The summed E-state index contributed by atoms with van der Waals surface area (Å²) in [5.41, 5.74) is 6.47. The lowest BCUT2D eigenvalue weighted by atomic mass is 9.70. The van der Waals surface area contributed by atoms with Gasteiger partial charge in [0, 0.05) is 5.54 Å². The van der Waals surface area contributed by atoms with Crippen molar-refractivity contribution in [3.8, 4) is 0 Å². The highest BCUT2D eigenvalue weighted by Gasteiger charge is 2.34. The van der Waals surface area contributed by atoms with Crippen LogP contribution < -0.4 is 11.1 Å². The van der Waals surface area contributed by atoms with Gasteiger partial charge >= 0.3 is 0 Å². The van der Waals surface area contributed by atoms with Crippen LogP contribution >= 0.6 is 0 Å². The first-order valence-corrected chi connectivity index (χ1v) is 5.28. The molecule has 0 aromatic carbocycles. The lowest BCUT2D eigenvalue weighted by Crippen LogP contribution is -2.48. The van der Waals surface area contributed by atoms with Crippen LogP contribution in [0.5, 0.6) is 0 Å². The zero-order valence-corrected chi connectivity index (χ0v) is 7.81. The van der Waals surface area contributed by atoms with Gasteiger partial charge in [-0.2, -0.15) is 0 Å². The van der Waals surface area contributed by atoms with Crippen molar-refractivity contribution in [1.82, 2.24) is 5.32 Å². The largest absolute Gasteiger partial charge is 0.325 e. The van der Waals surface area contributed by atoms with Crippen molar-refractivity contribution in [2.24, 2.45) is 11.7 Å². The number of piperidine rings is 1. The Balaban J connectivity index is 1.77. The van der Waals surface area contributed by atoms with E-state index in [0.29, 0.717) is 0 Å². The maximum atomic E-state index is 6.21. The van der Waals surface area contributed by atoms with E-state index in [2.05, 4.69) is 5.32 Å². The molecule has 2 aliphatic rings. The average molecular weight is 168 g/mol. The molecule has 0 radical (unpaired) electrons. The topological polar surface area (TPSA) is 38.0 Å². The van der Waals surface area contributed by atoms with Gasteiger partial charge in [-0.05, 0) is 57.5 Å². The van der Waals surface area contributed by atoms with Gasteiger partial charge in [0.25, 0.3) is 0 Å². The highest BCUT2D eigenvalue weighted by Crippen LogP contribution is 2.36. The fraction of sp³-hybridized carbons (Fsp3) is 1.00. The first-order valence-electron chi connectivity index (χ1n) is 5.28. The molecular weight excluding hydrogens is 148 g/mol. The Hall–Kier alpha value is -0.0800. The monoisotopic (exact) mass is 168 g/mol. The van der Waals surface area contributed by atoms with Crippen molar-refractivity contribution in [3.63, 3.8) is 0 Å². The van der Waals surface area contributed by atoms with Crippen LogP contribution in [0.4, 0.5) is 0 Å². The van der Waals surface area contributed by atoms with Gasteiger partial charge < -0.3 is 11.1 Å². The molecule has 0 unspecified atom stereocenters. The standard InChI is InChI=1S/C10H20N2/c11-10(4-1-5-10)8-9-2-6-12-7-3-9/h9,12H,1-8,11H2. The number of nitrogens with two attached hydrogens (primary N) is 1. The molecule has 12 heavy (non-hydrogen) atoms. The predicted molar refractivity (Wildman–Crippen MR) is 51.0 cm³/mol. The van der Waals surface area contributed by atoms with E-state index in [1.807, 2.05) is 0 Å². The summed E-state index contributed by atoms with van der Waals surface area (Å²) in [7, 11) is 0. The van der Waals surface area contributed by atoms with E-state index >= 15 is 0 Å². The Labute approximate surface area is 74.9 Å². The summed E-state index contributed by atoms with van der Waals surface area (Å²) in [5.74, 6) is 0.913. The second-order valence-corrected chi connectivity index (χ2v) is 4.61. The van der Waals surface area contributed by atoms with Gasteiger partial charge in [0.2, 0.25) is 0 Å². The lowest BCUT2D eigenvalue weighted by molar-refractivity contribution is 0.177. The van der Waals surface area contributed by atoms with E-state index in [9.17, 15) is 0 Å². The van der Waals surface area contributed by atoms with E-state index in [4.69, 9.17) is 5.73 Å². The summed E-state index contributed by atoms with van der Waals surface area (Å²) in [6.45, 7) is 2.42. The van der Waals surface area contributed by atoms with Crippen LogP contribution in [0.2, 0.25) is 0 Å². The fourth-order valence-corrected chi connectivity index (χ4v) is 2.50.